The van der Waals surface area contributed by atoms with Crippen LogP contribution in [0, 0.1) is 0 Å². The number of amides is 1. The van der Waals surface area contributed by atoms with Crippen LogP contribution >= 0.6 is 0 Å². The highest BCUT2D eigenvalue weighted by Crippen LogP contribution is 2.44. The fourth-order valence-electron chi connectivity index (χ4n) is 8.90. The van der Waals surface area contributed by atoms with E-state index in [9.17, 15) is 35.4 Å². The molecule has 0 bridgehead atoms. The van der Waals surface area contributed by atoms with Crippen LogP contribution in [0.4, 0.5) is 4.79 Å². The number of nitrogens with zero attached hydrogens (tertiary/aromatic N) is 2. The molecule has 1 aliphatic carbocycles. The van der Waals surface area contributed by atoms with E-state index in [1.807, 2.05) is 60.7 Å². The summed E-state index contributed by atoms with van der Waals surface area (Å²) in [5.74, 6) is -0.0856. The van der Waals surface area contributed by atoms with Crippen LogP contribution in [0.25, 0.3) is 11.1 Å². The molecule has 4 aromatic carbocycles. The zero-order chi connectivity index (χ0) is 41.8. The number of rotatable bonds is 13. The maximum absolute atomic E-state index is 13.5. The Morgan fingerprint density at radius 2 is 1.08 bits per heavy atom. The maximum atomic E-state index is 13.5. The molecule has 3 saturated heterocycles. The highest BCUT2D eigenvalue weighted by molar-refractivity contribution is 5.79. The van der Waals surface area contributed by atoms with E-state index in [-0.39, 0.29) is 44.9 Å². The van der Waals surface area contributed by atoms with Gasteiger partial charge in [-0.3, -0.25) is 4.90 Å². The Morgan fingerprint density at radius 3 is 1.55 bits per heavy atom. The van der Waals surface area contributed by atoms with Gasteiger partial charge in [0.1, 0.15) is 43.2 Å². The molecular weight excluding hydrogens is 773 g/mol. The van der Waals surface area contributed by atoms with E-state index in [0.717, 1.165) is 22.3 Å². The van der Waals surface area contributed by atoms with Crippen molar-refractivity contribution >= 4 is 6.09 Å². The first-order valence-electron chi connectivity index (χ1n) is 20.7. The van der Waals surface area contributed by atoms with Gasteiger partial charge in [-0.05, 0) is 35.1 Å². The van der Waals surface area contributed by atoms with Gasteiger partial charge in [0.25, 0.3) is 0 Å². The van der Waals surface area contributed by atoms with E-state index in [1.165, 1.54) is 0 Å². The largest absolute Gasteiger partial charge is 0.448 e. The second kappa shape index (κ2) is 19.2. The molecule has 4 aliphatic rings. The molecule has 0 spiro atoms. The normalized spacial score (nSPS) is 26.8. The Morgan fingerprint density at radius 1 is 0.650 bits per heavy atom. The average Bonchev–Trinajstić information content (AvgIpc) is 3.61. The van der Waals surface area contributed by atoms with Crippen molar-refractivity contribution in [3.63, 3.8) is 0 Å². The third kappa shape index (κ3) is 9.29. The summed E-state index contributed by atoms with van der Waals surface area (Å²) in [6.45, 7) is 0.181. The van der Waals surface area contributed by atoms with Gasteiger partial charge in [-0.1, -0.05) is 109 Å². The quantitative estimate of drug-likeness (QED) is 0.116. The number of fused-ring (bicyclic) bond motifs is 3. The van der Waals surface area contributed by atoms with Crippen molar-refractivity contribution in [2.45, 2.75) is 86.2 Å². The number of carbonyl (C=O) groups is 1. The van der Waals surface area contributed by atoms with Crippen molar-refractivity contribution in [1.29, 1.82) is 0 Å². The molecule has 2 unspecified atom stereocenters. The molecule has 1 amide bonds. The second-order valence-electron chi connectivity index (χ2n) is 16.1. The van der Waals surface area contributed by atoms with Gasteiger partial charge < -0.3 is 59.2 Å². The minimum atomic E-state index is -1.56. The number of likely N-dealkylation sites (tertiary alicyclic amines) is 1. The van der Waals surface area contributed by atoms with Crippen molar-refractivity contribution in [2.24, 2.45) is 0 Å². The van der Waals surface area contributed by atoms with Crippen LogP contribution < -0.4 is 0 Å². The van der Waals surface area contributed by atoms with E-state index in [2.05, 4.69) is 24.3 Å². The molecule has 8 rings (SSSR count). The van der Waals surface area contributed by atoms with Gasteiger partial charge in [0.15, 0.2) is 12.6 Å². The first-order valence-corrected chi connectivity index (χ1v) is 20.7. The van der Waals surface area contributed by atoms with Gasteiger partial charge in [-0.2, -0.15) is 0 Å². The van der Waals surface area contributed by atoms with Gasteiger partial charge in [0.2, 0.25) is 0 Å². The number of aliphatic hydroxyl groups is 6. The van der Waals surface area contributed by atoms with Crippen LogP contribution in [0.2, 0.25) is 0 Å². The lowest BCUT2D eigenvalue weighted by molar-refractivity contribution is -0.285. The summed E-state index contributed by atoms with van der Waals surface area (Å²) in [5, 5.41) is 67.7. The smallest absolute Gasteiger partial charge is 0.409 e. The maximum Gasteiger partial charge on any atom is 0.409 e. The number of hydrogen-bond acceptors (Lipinski definition) is 13. The van der Waals surface area contributed by atoms with E-state index in [0.29, 0.717) is 37.1 Å². The number of benzene rings is 4. The van der Waals surface area contributed by atoms with Crippen LogP contribution in [-0.4, -0.2) is 147 Å². The van der Waals surface area contributed by atoms with Crippen molar-refractivity contribution in [2.75, 3.05) is 46.0 Å². The Bertz CT molecular complexity index is 1880. The minimum absolute atomic E-state index is 0.0856. The first-order chi connectivity index (χ1) is 29.2. The fourth-order valence-corrected chi connectivity index (χ4v) is 8.90. The molecular formula is C46H54N2O12. The molecule has 6 N–H and O–H groups in total. The molecule has 4 aromatic rings. The summed E-state index contributed by atoms with van der Waals surface area (Å²) in [7, 11) is 0. The average molecular weight is 827 g/mol. The molecule has 3 fully saturated rings. The lowest BCUT2D eigenvalue weighted by Crippen LogP contribution is -2.58. The van der Waals surface area contributed by atoms with Crippen molar-refractivity contribution < 1.29 is 59.1 Å². The topological polar surface area (TPSA) is 191 Å². The van der Waals surface area contributed by atoms with Crippen LogP contribution in [0.15, 0.2) is 109 Å². The molecule has 14 heteroatoms. The summed E-state index contributed by atoms with van der Waals surface area (Å²) < 4.78 is 29.3. The van der Waals surface area contributed by atoms with Crippen molar-refractivity contribution in [1.82, 2.24) is 9.80 Å². The lowest BCUT2D eigenvalue weighted by atomic mass is 9.96. The molecule has 14 nitrogen and oxygen atoms in total. The molecule has 0 saturated carbocycles. The Hall–Kier alpha value is -4.29. The monoisotopic (exact) mass is 826 g/mol. The Balaban J connectivity index is 0.935. The molecule has 10 atom stereocenters. The van der Waals surface area contributed by atoms with E-state index in [1.54, 1.807) is 34.1 Å². The van der Waals surface area contributed by atoms with E-state index in [4.69, 9.17) is 23.7 Å². The predicted molar refractivity (Wildman–Crippen MR) is 217 cm³/mol. The standard InChI is InChI=1S/C46H54N2O12/c49-36(40(53)42-38(51)26-56-44(59-42)28-11-3-1-4-12-28)23-48(24-37(50)41(54)43-39(52)27-57-45(60-43)29-13-5-2-6-14-29)30-19-21-47(22-20-30)46(55)58-25-35-33-17-9-7-15-31(33)32-16-8-10-18-34(32)35/h1-18,30,35-45,49-54H,19-27H2/t36-,37-,38+,39+,40+,41+,42+,43+,44?,45?/m0/s1. The fraction of sp³-hybridized carbons (Fsp3) is 0.457. The summed E-state index contributed by atoms with van der Waals surface area (Å²) >= 11 is 0. The summed E-state index contributed by atoms with van der Waals surface area (Å²) in [4.78, 5) is 16.9. The number of hydrogen-bond donors (Lipinski definition) is 6. The Kier molecular flexibility index (Phi) is 13.6. The van der Waals surface area contributed by atoms with Gasteiger partial charge in [-0.25, -0.2) is 4.79 Å². The Labute approximate surface area is 349 Å². The van der Waals surface area contributed by atoms with Gasteiger partial charge in [0.05, 0.1) is 25.4 Å². The number of aliphatic hydroxyl groups excluding tert-OH is 6. The predicted octanol–water partition coefficient (Wildman–Crippen LogP) is 3.10. The third-order valence-electron chi connectivity index (χ3n) is 12.2. The summed E-state index contributed by atoms with van der Waals surface area (Å²) in [6, 6.07) is 34.1. The molecule has 0 radical (unpaired) electrons. The van der Waals surface area contributed by atoms with Gasteiger partial charge >= 0.3 is 6.09 Å². The summed E-state index contributed by atoms with van der Waals surface area (Å²) in [6.07, 6.45) is -12.3. The summed E-state index contributed by atoms with van der Waals surface area (Å²) in [5.41, 5.74) is 5.88. The number of carbonyl (C=O) groups excluding carboxylic acids is 1. The number of ether oxygens (including phenoxy) is 5. The van der Waals surface area contributed by atoms with Gasteiger partial charge in [-0.15, -0.1) is 0 Å². The highest BCUT2D eigenvalue weighted by atomic mass is 16.7. The zero-order valence-corrected chi connectivity index (χ0v) is 33.2. The van der Waals surface area contributed by atoms with Crippen LogP contribution in [-0.2, 0) is 23.7 Å². The van der Waals surface area contributed by atoms with Crippen molar-refractivity contribution in [3.05, 3.63) is 131 Å². The lowest BCUT2D eigenvalue weighted by Gasteiger charge is -2.43. The highest BCUT2D eigenvalue weighted by Gasteiger charge is 2.43. The molecule has 3 heterocycles. The number of piperidine rings is 1. The van der Waals surface area contributed by atoms with Crippen molar-refractivity contribution in [3.8, 4) is 11.1 Å². The molecule has 60 heavy (non-hydrogen) atoms. The SMILES string of the molecule is O=C(OCC1c2ccccc2-c2ccccc21)N1CCC(N(C[C@H](O)[C@@H](O)[C@@H]2OC(c3ccccc3)OC[C@H]2O)C[C@H](O)[C@@H](O)[C@@H]2OC(c3ccccc3)OC[C@H]2O)CC1. The first kappa shape index (κ1) is 42.4. The molecule has 3 aliphatic heterocycles. The van der Waals surface area contributed by atoms with E-state index >= 15 is 0 Å². The van der Waals surface area contributed by atoms with Crippen LogP contribution in [0.3, 0.4) is 0 Å². The molecule has 0 aromatic heterocycles. The second-order valence-corrected chi connectivity index (χ2v) is 16.1. The van der Waals surface area contributed by atoms with Crippen LogP contribution in [0.1, 0.15) is 53.6 Å². The van der Waals surface area contributed by atoms with Crippen LogP contribution in [0.5, 0.6) is 0 Å². The third-order valence-corrected chi connectivity index (χ3v) is 12.2. The van der Waals surface area contributed by atoms with Gasteiger partial charge in [0, 0.05) is 49.3 Å². The molecule has 320 valence electrons. The zero-order valence-electron chi connectivity index (χ0n) is 33.2. The minimum Gasteiger partial charge on any atom is -0.448 e. The van der Waals surface area contributed by atoms with E-state index < -0.39 is 67.5 Å².